The summed E-state index contributed by atoms with van der Waals surface area (Å²) >= 11 is 6.17. The van der Waals surface area contributed by atoms with Crippen LogP contribution in [-0.2, 0) is 5.41 Å². The highest BCUT2D eigenvalue weighted by molar-refractivity contribution is 6.30. The quantitative estimate of drug-likeness (QED) is 0.843. The third-order valence-corrected chi connectivity index (χ3v) is 4.33. The smallest absolute Gasteiger partial charge is 0.0408 e. The van der Waals surface area contributed by atoms with Gasteiger partial charge >= 0.3 is 0 Å². The number of nitrogens with one attached hydrogen (secondary N) is 1. The molecule has 0 amide bonds. The molecule has 1 nitrogen and oxygen atoms in total. The van der Waals surface area contributed by atoms with Crippen molar-refractivity contribution in [2.45, 2.75) is 57.4 Å². The first-order chi connectivity index (χ1) is 8.62. The van der Waals surface area contributed by atoms with Gasteiger partial charge in [0.15, 0.2) is 0 Å². The summed E-state index contributed by atoms with van der Waals surface area (Å²) in [6, 6.07) is 9.01. The molecule has 0 atom stereocenters. The van der Waals surface area contributed by atoms with Crippen molar-refractivity contribution >= 4 is 11.6 Å². The Morgan fingerprint density at radius 1 is 1.22 bits per heavy atom. The highest BCUT2D eigenvalue weighted by Crippen LogP contribution is 2.39. The Morgan fingerprint density at radius 2 is 1.94 bits per heavy atom. The van der Waals surface area contributed by atoms with Gasteiger partial charge in [-0.25, -0.2) is 0 Å². The Bertz CT molecular complexity index is 380. The summed E-state index contributed by atoms with van der Waals surface area (Å²) in [6.07, 6.45) is 6.63. The summed E-state index contributed by atoms with van der Waals surface area (Å²) in [5.74, 6) is 0. The second-order valence-corrected chi connectivity index (χ2v) is 6.32. The molecule has 1 N–H and O–H groups in total. The van der Waals surface area contributed by atoms with Crippen LogP contribution in [0.2, 0.25) is 5.02 Å². The third kappa shape index (κ3) is 3.27. The first kappa shape index (κ1) is 13.9. The number of hydrogen-bond donors (Lipinski definition) is 1. The van der Waals surface area contributed by atoms with Crippen LogP contribution in [0, 0.1) is 0 Å². The maximum atomic E-state index is 6.17. The minimum absolute atomic E-state index is 0.299. The maximum absolute atomic E-state index is 6.17. The van der Waals surface area contributed by atoms with E-state index in [0.717, 1.165) is 11.6 Å². The minimum atomic E-state index is 0.299. The van der Waals surface area contributed by atoms with Crippen LogP contribution in [0.15, 0.2) is 24.3 Å². The van der Waals surface area contributed by atoms with Gasteiger partial charge in [-0.2, -0.15) is 0 Å². The molecule has 0 radical (unpaired) electrons. The van der Waals surface area contributed by atoms with E-state index in [9.17, 15) is 0 Å². The average Bonchev–Trinajstić information content (AvgIpc) is 2.37. The lowest BCUT2D eigenvalue weighted by molar-refractivity contribution is 0.273. The Morgan fingerprint density at radius 3 is 2.56 bits per heavy atom. The predicted molar refractivity (Wildman–Crippen MR) is 79.4 cm³/mol. The summed E-state index contributed by atoms with van der Waals surface area (Å²) in [5, 5.41) is 4.49. The van der Waals surface area contributed by atoms with Gasteiger partial charge in [0, 0.05) is 23.0 Å². The van der Waals surface area contributed by atoms with E-state index >= 15 is 0 Å². The monoisotopic (exact) mass is 265 g/mol. The summed E-state index contributed by atoms with van der Waals surface area (Å²) in [6.45, 7) is 5.51. The molecule has 1 fully saturated rings. The van der Waals surface area contributed by atoms with Gasteiger partial charge in [0.1, 0.15) is 0 Å². The summed E-state index contributed by atoms with van der Waals surface area (Å²) < 4.78 is 0. The van der Waals surface area contributed by atoms with Gasteiger partial charge in [-0.1, -0.05) is 56.8 Å². The van der Waals surface area contributed by atoms with Gasteiger partial charge in [0.2, 0.25) is 0 Å². The molecule has 100 valence electrons. The molecule has 18 heavy (non-hydrogen) atoms. The molecule has 0 aliphatic heterocycles. The third-order valence-electron chi connectivity index (χ3n) is 4.10. The fraction of sp³-hybridized carbons (Fsp3) is 0.625. The number of benzene rings is 1. The molecule has 2 heteroatoms. The molecule has 0 bridgehead atoms. The van der Waals surface area contributed by atoms with Crippen LogP contribution in [0.3, 0.4) is 0 Å². The average molecular weight is 266 g/mol. The molecular formula is C16H24ClN. The van der Waals surface area contributed by atoms with Crippen molar-refractivity contribution in [3.63, 3.8) is 0 Å². The largest absolute Gasteiger partial charge is 0.314 e. The van der Waals surface area contributed by atoms with E-state index in [-0.39, 0.29) is 0 Å². The zero-order valence-electron chi connectivity index (χ0n) is 11.5. The number of halogens is 1. The topological polar surface area (TPSA) is 12.0 Å². The van der Waals surface area contributed by atoms with Crippen LogP contribution < -0.4 is 5.32 Å². The predicted octanol–water partition coefficient (Wildman–Crippen LogP) is 4.54. The Balaban J connectivity index is 2.23. The first-order valence-electron chi connectivity index (χ1n) is 7.12. The molecule has 0 saturated heterocycles. The normalized spacial score (nSPS) is 19.1. The van der Waals surface area contributed by atoms with E-state index in [1.807, 2.05) is 6.07 Å². The SMILES string of the molecule is CC(C)NCC1(c2cccc(Cl)c2)CCCCC1. The lowest BCUT2D eigenvalue weighted by atomic mass is 9.69. The summed E-state index contributed by atoms with van der Waals surface area (Å²) in [7, 11) is 0. The molecule has 1 aromatic rings. The minimum Gasteiger partial charge on any atom is -0.314 e. The van der Waals surface area contributed by atoms with Crippen LogP contribution in [0.5, 0.6) is 0 Å². The first-order valence-corrected chi connectivity index (χ1v) is 7.50. The van der Waals surface area contributed by atoms with Crippen molar-refractivity contribution in [1.82, 2.24) is 5.32 Å². The van der Waals surface area contributed by atoms with Crippen LogP contribution in [0.4, 0.5) is 0 Å². The number of rotatable bonds is 4. The summed E-state index contributed by atoms with van der Waals surface area (Å²) in [5.41, 5.74) is 1.72. The van der Waals surface area contributed by atoms with Crippen molar-refractivity contribution in [2.75, 3.05) is 6.54 Å². The van der Waals surface area contributed by atoms with Crippen molar-refractivity contribution in [3.8, 4) is 0 Å². The second kappa shape index (κ2) is 6.08. The van der Waals surface area contributed by atoms with E-state index in [0.29, 0.717) is 11.5 Å². The molecule has 1 aromatic carbocycles. The van der Waals surface area contributed by atoms with E-state index in [1.54, 1.807) is 0 Å². The van der Waals surface area contributed by atoms with E-state index in [1.165, 1.54) is 37.7 Å². The second-order valence-electron chi connectivity index (χ2n) is 5.89. The van der Waals surface area contributed by atoms with Gasteiger partial charge in [0.25, 0.3) is 0 Å². The molecule has 0 heterocycles. The van der Waals surface area contributed by atoms with Crippen molar-refractivity contribution in [1.29, 1.82) is 0 Å². The molecule has 0 spiro atoms. The fourth-order valence-corrected chi connectivity index (χ4v) is 3.20. The molecule has 0 unspecified atom stereocenters. The standard InChI is InChI=1S/C16H24ClN/c1-13(2)18-12-16(9-4-3-5-10-16)14-7-6-8-15(17)11-14/h6-8,11,13,18H,3-5,9-10,12H2,1-2H3. The van der Waals surface area contributed by atoms with Gasteiger partial charge < -0.3 is 5.32 Å². The molecule has 2 rings (SSSR count). The Labute approximate surface area is 116 Å². The highest BCUT2D eigenvalue weighted by Gasteiger charge is 2.33. The molecule has 1 saturated carbocycles. The van der Waals surface area contributed by atoms with Gasteiger partial charge in [-0.3, -0.25) is 0 Å². The fourth-order valence-electron chi connectivity index (χ4n) is 3.01. The van der Waals surface area contributed by atoms with Crippen molar-refractivity contribution in [2.24, 2.45) is 0 Å². The van der Waals surface area contributed by atoms with Crippen LogP contribution in [-0.4, -0.2) is 12.6 Å². The van der Waals surface area contributed by atoms with E-state index in [2.05, 4.69) is 37.4 Å². The molecular weight excluding hydrogens is 242 g/mol. The van der Waals surface area contributed by atoms with Crippen LogP contribution in [0.25, 0.3) is 0 Å². The lowest BCUT2D eigenvalue weighted by Gasteiger charge is -2.39. The van der Waals surface area contributed by atoms with Crippen molar-refractivity contribution < 1.29 is 0 Å². The van der Waals surface area contributed by atoms with Crippen LogP contribution in [0.1, 0.15) is 51.5 Å². The maximum Gasteiger partial charge on any atom is 0.0408 e. The highest BCUT2D eigenvalue weighted by atomic mass is 35.5. The Hall–Kier alpha value is -0.530. The lowest BCUT2D eigenvalue weighted by Crippen LogP contribution is -2.42. The summed E-state index contributed by atoms with van der Waals surface area (Å²) in [4.78, 5) is 0. The molecule has 1 aliphatic carbocycles. The van der Waals surface area contributed by atoms with Gasteiger partial charge in [-0.15, -0.1) is 0 Å². The van der Waals surface area contributed by atoms with Crippen molar-refractivity contribution in [3.05, 3.63) is 34.9 Å². The zero-order valence-corrected chi connectivity index (χ0v) is 12.3. The number of hydrogen-bond acceptors (Lipinski definition) is 1. The molecule has 1 aliphatic rings. The molecule has 0 aromatic heterocycles. The van der Waals surface area contributed by atoms with E-state index in [4.69, 9.17) is 11.6 Å². The van der Waals surface area contributed by atoms with Crippen LogP contribution >= 0.6 is 11.6 Å². The Kier molecular flexibility index (Phi) is 4.69. The van der Waals surface area contributed by atoms with Gasteiger partial charge in [0.05, 0.1) is 0 Å². The van der Waals surface area contributed by atoms with E-state index < -0.39 is 0 Å². The zero-order chi connectivity index (χ0) is 13.0. The van der Waals surface area contributed by atoms with Gasteiger partial charge in [-0.05, 0) is 30.5 Å².